The molecular weight excluding hydrogens is 230 g/mol. The number of hydrogen-bond donors (Lipinski definition) is 1. The summed E-state index contributed by atoms with van der Waals surface area (Å²) in [4.78, 5) is 0. The van der Waals surface area contributed by atoms with Gasteiger partial charge in [-0.25, -0.2) is 0 Å². The predicted molar refractivity (Wildman–Crippen MR) is 81.5 cm³/mol. The van der Waals surface area contributed by atoms with Crippen LogP contribution in [-0.4, -0.2) is 12.6 Å². The quantitative estimate of drug-likeness (QED) is 0.842. The third-order valence-corrected chi connectivity index (χ3v) is 5.07. The molecule has 0 aromatic heterocycles. The minimum atomic E-state index is 0.785. The van der Waals surface area contributed by atoms with Crippen molar-refractivity contribution in [1.29, 1.82) is 0 Å². The molecule has 0 amide bonds. The van der Waals surface area contributed by atoms with E-state index in [0.717, 1.165) is 17.9 Å². The summed E-state index contributed by atoms with van der Waals surface area (Å²) in [6.45, 7) is 3.46. The van der Waals surface area contributed by atoms with Gasteiger partial charge in [-0.1, -0.05) is 49.1 Å². The minimum absolute atomic E-state index is 0.785. The second-order valence-corrected chi connectivity index (χ2v) is 6.69. The zero-order valence-corrected chi connectivity index (χ0v) is 12.2. The topological polar surface area (TPSA) is 12.0 Å². The summed E-state index contributed by atoms with van der Waals surface area (Å²) in [5, 5.41) is 3.80. The zero-order chi connectivity index (χ0) is 13.1. The number of aryl methyl sites for hydroxylation is 1. The predicted octanol–water partition coefficient (Wildman–Crippen LogP) is 4.41. The lowest BCUT2D eigenvalue weighted by Gasteiger charge is -2.38. The fourth-order valence-corrected chi connectivity index (χ4v) is 3.71. The van der Waals surface area contributed by atoms with Crippen LogP contribution in [0.1, 0.15) is 62.0 Å². The van der Waals surface area contributed by atoms with Gasteiger partial charge in [-0.2, -0.15) is 0 Å². The SMILES string of the molecule is Cc1cccc(C2CC(NCC3CCCCC3)C2)c1. The van der Waals surface area contributed by atoms with Gasteiger partial charge in [0.25, 0.3) is 0 Å². The van der Waals surface area contributed by atoms with Crippen molar-refractivity contribution >= 4 is 0 Å². The molecule has 2 fully saturated rings. The van der Waals surface area contributed by atoms with Gasteiger partial charge in [0.2, 0.25) is 0 Å². The highest BCUT2D eigenvalue weighted by molar-refractivity contribution is 5.27. The molecule has 1 aromatic rings. The lowest BCUT2D eigenvalue weighted by molar-refractivity contribution is 0.255. The molecule has 0 bridgehead atoms. The van der Waals surface area contributed by atoms with Crippen molar-refractivity contribution in [2.45, 2.75) is 63.8 Å². The van der Waals surface area contributed by atoms with Crippen molar-refractivity contribution < 1.29 is 0 Å². The second kappa shape index (κ2) is 6.09. The largest absolute Gasteiger partial charge is 0.314 e. The van der Waals surface area contributed by atoms with E-state index in [0.29, 0.717) is 0 Å². The Morgan fingerprint density at radius 3 is 2.63 bits per heavy atom. The Kier molecular flexibility index (Phi) is 4.22. The van der Waals surface area contributed by atoms with Crippen molar-refractivity contribution in [2.24, 2.45) is 5.92 Å². The van der Waals surface area contributed by atoms with E-state index < -0.39 is 0 Å². The highest BCUT2D eigenvalue weighted by Gasteiger charge is 2.30. The van der Waals surface area contributed by atoms with Crippen molar-refractivity contribution in [3.8, 4) is 0 Å². The van der Waals surface area contributed by atoms with Crippen molar-refractivity contribution in [3.05, 3.63) is 35.4 Å². The zero-order valence-electron chi connectivity index (χ0n) is 12.2. The molecule has 0 saturated heterocycles. The lowest BCUT2D eigenvalue weighted by Crippen LogP contribution is -2.42. The van der Waals surface area contributed by atoms with Gasteiger partial charge >= 0.3 is 0 Å². The molecule has 1 aromatic carbocycles. The molecule has 3 rings (SSSR count). The van der Waals surface area contributed by atoms with Gasteiger partial charge in [-0.15, -0.1) is 0 Å². The van der Waals surface area contributed by atoms with Gasteiger partial charge in [0.1, 0.15) is 0 Å². The maximum atomic E-state index is 3.80. The van der Waals surface area contributed by atoms with Gasteiger partial charge in [-0.05, 0) is 56.6 Å². The molecule has 1 heteroatoms. The van der Waals surface area contributed by atoms with Crippen LogP contribution in [0.25, 0.3) is 0 Å². The molecule has 0 atom stereocenters. The van der Waals surface area contributed by atoms with Crippen LogP contribution < -0.4 is 5.32 Å². The first-order valence-electron chi connectivity index (χ1n) is 8.11. The van der Waals surface area contributed by atoms with Crippen LogP contribution in [0, 0.1) is 12.8 Å². The number of hydrogen-bond acceptors (Lipinski definition) is 1. The Morgan fingerprint density at radius 1 is 1.11 bits per heavy atom. The summed E-state index contributed by atoms with van der Waals surface area (Å²) in [5.41, 5.74) is 2.95. The average Bonchev–Trinajstić information content (AvgIpc) is 2.38. The Balaban J connectivity index is 1.40. The van der Waals surface area contributed by atoms with Crippen LogP contribution in [0.15, 0.2) is 24.3 Å². The van der Waals surface area contributed by atoms with Crippen LogP contribution >= 0.6 is 0 Å². The molecule has 2 saturated carbocycles. The Bertz CT molecular complexity index is 400. The summed E-state index contributed by atoms with van der Waals surface area (Å²) in [6.07, 6.45) is 10.00. The maximum absolute atomic E-state index is 3.80. The van der Waals surface area contributed by atoms with Crippen molar-refractivity contribution in [2.75, 3.05) is 6.54 Å². The van der Waals surface area contributed by atoms with Gasteiger partial charge in [0, 0.05) is 6.04 Å². The second-order valence-electron chi connectivity index (χ2n) is 6.69. The third-order valence-electron chi connectivity index (χ3n) is 5.07. The fourth-order valence-electron chi connectivity index (χ4n) is 3.71. The van der Waals surface area contributed by atoms with E-state index >= 15 is 0 Å². The first-order valence-corrected chi connectivity index (χ1v) is 8.11. The van der Waals surface area contributed by atoms with Crippen LogP contribution in [0.2, 0.25) is 0 Å². The van der Waals surface area contributed by atoms with Gasteiger partial charge in [0.15, 0.2) is 0 Å². The lowest BCUT2D eigenvalue weighted by atomic mass is 9.75. The van der Waals surface area contributed by atoms with Crippen molar-refractivity contribution in [1.82, 2.24) is 5.32 Å². The summed E-state index contributed by atoms with van der Waals surface area (Å²) < 4.78 is 0. The standard InChI is InChI=1S/C18H27N/c1-14-6-5-9-16(10-14)17-11-18(12-17)19-13-15-7-3-2-4-8-15/h5-6,9-10,15,17-19H,2-4,7-8,11-13H2,1H3. The summed E-state index contributed by atoms with van der Waals surface area (Å²) in [5.74, 6) is 1.77. The number of rotatable bonds is 4. The fraction of sp³-hybridized carbons (Fsp3) is 0.667. The minimum Gasteiger partial charge on any atom is -0.314 e. The highest BCUT2D eigenvalue weighted by atomic mass is 14.9. The molecule has 0 aliphatic heterocycles. The Labute approximate surface area is 117 Å². The smallest absolute Gasteiger partial charge is 0.00788 e. The molecule has 104 valence electrons. The van der Waals surface area contributed by atoms with E-state index in [4.69, 9.17) is 0 Å². The van der Waals surface area contributed by atoms with E-state index in [2.05, 4.69) is 36.5 Å². The maximum Gasteiger partial charge on any atom is 0.00788 e. The first-order chi connectivity index (χ1) is 9.31. The van der Waals surface area contributed by atoms with Crippen LogP contribution in [0.3, 0.4) is 0 Å². The first kappa shape index (κ1) is 13.2. The summed E-state index contributed by atoms with van der Waals surface area (Å²) in [6, 6.07) is 9.85. The monoisotopic (exact) mass is 257 g/mol. The van der Waals surface area contributed by atoms with E-state index in [1.807, 2.05) is 0 Å². The van der Waals surface area contributed by atoms with Crippen LogP contribution in [-0.2, 0) is 0 Å². The van der Waals surface area contributed by atoms with Gasteiger partial charge < -0.3 is 5.32 Å². The molecule has 0 spiro atoms. The molecule has 0 heterocycles. The van der Waals surface area contributed by atoms with E-state index in [1.165, 1.54) is 57.1 Å². The molecule has 19 heavy (non-hydrogen) atoms. The third kappa shape index (κ3) is 3.39. The molecule has 1 N–H and O–H groups in total. The Morgan fingerprint density at radius 2 is 1.89 bits per heavy atom. The van der Waals surface area contributed by atoms with Crippen LogP contribution in [0.5, 0.6) is 0 Å². The van der Waals surface area contributed by atoms with Gasteiger partial charge in [0.05, 0.1) is 0 Å². The van der Waals surface area contributed by atoms with Crippen molar-refractivity contribution in [3.63, 3.8) is 0 Å². The van der Waals surface area contributed by atoms with E-state index in [1.54, 1.807) is 5.56 Å². The highest BCUT2D eigenvalue weighted by Crippen LogP contribution is 2.37. The van der Waals surface area contributed by atoms with E-state index in [9.17, 15) is 0 Å². The molecular formula is C18H27N. The molecule has 1 nitrogen and oxygen atoms in total. The normalized spacial score (nSPS) is 28.1. The average molecular weight is 257 g/mol. The van der Waals surface area contributed by atoms with E-state index in [-0.39, 0.29) is 0 Å². The van der Waals surface area contributed by atoms with Crippen LogP contribution in [0.4, 0.5) is 0 Å². The summed E-state index contributed by atoms with van der Waals surface area (Å²) >= 11 is 0. The molecule has 0 unspecified atom stereocenters. The molecule has 0 radical (unpaired) electrons. The molecule has 2 aliphatic carbocycles. The van der Waals surface area contributed by atoms with Gasteiger partial charge in [-0.3, -0.25) is 0 Å². The summed E-state index contributed by atoms with van der Waals surface area (Å²) in [7, 11) is 0. The number of benzene rings is 1. The molecule has 2 aliphatic rings. The Hall–Kier alpha value is -0.820. The number of nitrogens with one attached hydrogen (secondary N) is 1.